The van der Waals surface area contributed by atoms with Crippen LogP contribution in [0.5, 0.6) is 0 Å². The first-order valence-corrected chi connectivity index (χ1v) is 8.46. The number of likely N-dealkylation sites (tertiary alicyclic amines) is 1. The van der Waals surface area contributed by atoms with E-state index in [1.807, 2.05) is 33.8 Å². The summed E-state index contributed by atoms with van der Waals surface area (Å²) in [7, 11) is 0. The van der Waals surface area contributed by atoms with E-state index in [0.717, 1.165) is 22.9 Å². The maximum Gasteiger partial charge on any atom is 0.246 e. The fourth-order valence-corrected chi connectivity index (χ4v) is 3.25. The van der Waals surface area contributed by atoms with E-state index in [1.54, 1.807) is 19.6 Å². The van der Waals surface area contributed by atoms with Crippen LogP contribution in [0.2, 0.25) is 0 Å². The zero-order chi connectivity index (χ0) is 16.4. The van der Waals surface area contributed by atoms with Crippen molar-refractivity contribution >= 4 is 21.8 Å². The first-order chi connectivity index (χ1) is 11.0. The summed E-state index contributed by atoms with van der Waals surface area (Å²) >= 11 is 3.40. The van der Waals surface area contributed by atoms with E-state index in [2.05, 4.69) is 26.0 Å². The molecule has 6 nitrogen and oxygen atoms in total. The molecule has 0 saturated carbocycles. The van der Waals surface area contributed by atoms with Gasteiger partial charge in [-0.3, -0.25) is 4.79 Å². The minimum absolute atomic E-state index is 0.0307. The Morgan fingerprint density at radius 1 is 1.30 bits per heavy atom. The van der Waals surface area contributed by atoms with Gasteiger partial charge < -0.3 is 10.6 Å². The Morgan fingerprint density at radius 2 is 1.96 bits per heavy atom. The molecule has 3 rings (SSSR count). The molecule has 0 aliphatic carbocycles. The molecule has 1 aliphatic rings. The number of hydrogen-bond acceptors (Lipinski definition) is 4. The summed E-state index contributed by atoms with van der Waals surface area (Å²) < 4.78 is 2.84. The van der Waals surface area contributed by atoms with Crippen LogP contribution in [0, 0.1) is 0 Å². The second-order valence-electron chi connectivity index (χ2n) is 6.11. The molecule has 1 amide bonds. The molecule has 1 fully saturated rings. The average molecular weight is 378 g/mol. The smallest absolute Gasteiger partial charge is 0.246 e. The monoisotopic (exact) mass is 377 g/mol. The first kappa shape index (κ1) is 16.1. The molecule has 0 radical (unpaired) electrons. The van der Waals surface area contributed by atoms with Gasteiger partial charge in [-0.2, -0.15) is 5.10 Å². The highest BCUT2D eigenvalue weighted by Crippen LogP contribution is 2.27. The molecule has 2 heterocycles. The fourth-order valence-electron chi connectivity index (χ4n) is 2.99. The number of amides is 1. The number of piperidine rings is 1. The van der Waals surface area contributed by atoms with E-state index >= 15 is 0 Å². The Hall–Kier alpha value is -1.73. The molecule has 1 atom stereocenters. The molecule has 1 aromatic carbocycles. The molecule has 1 unspecified atom stereocenters. The van der Waals surface area contributed by atoms with Crippen LogP contribution in [0.3, 0.4) is 0 Å². The van der Waals surface area contributed by atoms with Gasteiger partial charge in [-0.25, -0.2) is 9.67 Å². The molecule has 1 saturated heterocycles. The summed E-state index contributed by atoms with van der Waals surface area (Å²) in [6.45, 7) is 3.15. The van der Waals surface area contributed by atoms with Gasteiger partial charge in [0.1, 0.15) is 18.2 Å². The number of carbonyl (C=O) groups excluding carboxylic acids is 1. The van der Waals surface area contributed by atoms with E-state index in [1.165, 1.54) is 0 Å². The van der Waals surface area contributed by atoms with Gasteiger partial charge in [0.15, 0.2) is 0 Å². The molecule has 1 aromatic heterocycles. The van der Waals surface area contributed by atoms with Crippen molar-refractivity contribution in [2.45, 2.75) is 31.3 Å². The summed E-state index contributed by atoms with van der Waals surface area (Å²) in [5.41, 5.74) is 6.17. The van der Waals surface area contributed by atoms with Crippen LogP contribution < -0.4 is 5.73 Å². The molecule has 0 bridgehead atoms. The predicted molar refractivity (Wildman–Crippen MR) is 90.6 cm³/mol. The molecule has 122 valence electrons. The van der Waals surface area contributed by atoms with Crippen molar-refractivity contribution in [2.24, 2.45) is 5.73 Å². The van der Waals surface area contributed by atoms with Gasteiger partial charge in [0.25, 0.3) is 0 Å². The second-order valence-corrected chi connectivity index (χ2v) is 7.02. The topological polar surface area (TPSA) is 77.0 Å². The summed E-state index contributed by atoms with van der Waals surface area (Å²) in [5, 5.41) is 4.19. The van der Waals surface area contributed by atoms with Crippen LogP contribution >= 0.6 is 15.9 Å². The van der Waals surface area contributed by atoms with Crippen molar-refractivity contribution in [2.75, 3.05) is 13.1 Å². The minimum Gasteiger partial charge on any atom is -0.341 e. The first-order valence-electron chi connectivity index (χ1n) is 7.67. The third kappa shape index (κ3) is 3.30. The number of aromatic nitrogens is 3. The van der Waals surface area contributed by atoms with Crippen molar-refractivity contribution in [3.8, 4) is 0 Å². The third-order valence-corrected chi connectivity index (χ3v) is 4.98. The lowest BCUT2D eigenvalue weighted by Crippen LogP contribution is -2.53. The Morgan fingerprint density at radius 3 is 2.52 bits per heavy atom. The lowest BCUT2D eigenvalue weighted by Gasteiger charge is -2.37. The Balaban J connectivity index is 1.67. The molecule has 7 heteroatoms. The van der Waals surface area contributed by atoms with Crippen LogP contribution in [0.15, 0.2) is 41.4 Å². The predicted octanol–water partition coefficient (Wildman–Crippen LogP) is 2.08. The maximum atomic E-state index is 12.9. The molecule has 0 spiro atoms. The van der Waals surface area contributed by atoms with Gasteiger partial charge >= 0.3 is 0 Å². The van der Waals surface area contributed by atoms with Gasteiger partial charge in [-0.05, 0) is 37.5 Å². The SMILES string of the molecule is CC(N)(C(=O)N1CCC(n2cncn2)CC1)c1ccc(Br)cc1. The lowest BCUT2D eigenvalue weighted by atomic mass is 9.90. The van der Waals surface area contributed by atoms with Crippen LogP contribution in [-0.2, 0) is 10.3 Å². The number of hydrogen-bond donors (Lipinski definition) is 1. The molecular weight excluding hydrogens is 358 g/mol. The normalized spacial score (nSPS) is 18.7. The minimum atomic E-state index is -1.01. The van der Waals surface area contributed by atoms with E-state index < -0.39 is 5.54 Å². The van der Waals surface area contributed by atoms with Crippen molar-refractivity contribution in [1.82, 2.24) is 19.7 Å². The van der Waals surface area contributed by atoms with Gasteiger partial charge in [0, 0.05) is 17.6 Å². The highest BCUT2D eigenvalue weighted by molar-refractivity contribution is 9.10. The van der Waals surface area contributed by atoms with Crippen LogP contribution in [0.25, 0.3) is 0 Å². The maximum absolute atomic E-state index is 12.9. The van der Waals surface area contributed by atoms with E-state index in [4.69, 9.17) is 5.73 Å². The van der Waals surface area contributed by atoms with Crippen LogP contribution in [-0.4, -0.2) is 38.7 Å². The highest BCUT2D eigenvalue weighted by atomic mass is 79.9. The zero-order valence-electron chi connectivity index (χ0n) is 13.0. The summed E-state index contributed by atoms with van der Waals surface area (Å²) in [6, 6.07) is 7.90. The number of rotatable bonds is 3. The Labute approximate surface area is 143 Å². The molecule has 2 aromatic rings. The number of benzene rings is 1. The van der Waals surface area contributed by atoms with Crippen LogP contribution in [0.4, 0.5) is 0 Å². The van der Waals surface area contributed by atoms with Gasteiger partial charge in [0.05, 0.1) is 6.04 Å². The van der Waals surface area contributed by atoms with Crippen molar-refractivity contribution in [1.29, 1.82) is 0 Å². The van der Waals surface area contributed by atoms with Crippen molar-refractivity contribution in [3.05, 3.63) is 47.0 Å². The standard InChI is InChI=1S/C16H20BrN5O/c1-16(18,12-2-4-13(17)5-3-12)15(23)21-8-6-14(7-9-21)22-11-19-10-20-22/h2-5,10-11,14H,6-9,18H2,1H3. The van der Waals surface area contributed by atoms with Gasteiger partial charge in [-0.15, -0.1) is 0 Å². The quantitative estimate of drug-likeness (QED) is 0.887. The summed E-state index contributed by atoms with van der Waals surface area (Å²) in [6.07, 6.45) is 5.01. The van der Waals surface area contributed by atoms with Crippen molar-refractivity contribution in [3.63, 3.8) is 0 Å². The van der Waals surface area contributed by atoms with E-state index in [0.29, 0.717) is 19.1 Å². The third-order valence-electron chi connectivity index (χ3n) is 4.45. The molecule has 2 N–H and O–H groups in total. The summed E-state index contributed by atoms with van der Waals surface area (Å²) in [4.78, 5) is 18.7. The molecular formula is C16H20BrN5O. The van der Waals surface area contributed by atoms with Gasteiger partial charge in [-0.1, -0.05) is 28.1 Å². The fraction of sp³-hybridized carbons (Fsp3) is 0.438. The zero-order valence-corrected chi connectivity index (χ0v) is 14.6. The Kier molecular flexibility index (Phi) is 4.50. The second kappa shape index (κ2) is 6.41. The summed E-state index contributed by atoms with van der Waals surface area (Å²) in [5.74, 6) is -0.0307. The number of nitrogens with zero attached hydrogens (tertiary/aromatic N) is 4. The largest absolute Gasteiger partial charge is 0.341 e. The Bertz CT molecular complexity index is 660. The van der Waals surface area contributed by atoms with Gasteiger partial charge in [0.2, 0.25) is 5.91 Å². The van der Waals surface area contributed by atoms with Crippen LogP contribution in [0.1, 0.15) is 31.4 Å². The number of nitrogens with two attached hydrogens (primary N) is 1. The van der Waals surface area contributed by atoms with E-state index in [9.17, 15) is 4.79 Å². The number of carbonyl (C=O) groups is 1. The highest BCUT2D eigenvalue weighted by Gasteiger charge is 2.36. The van der Waals surface area contributed by atoms with Crippen molar-refractivity contribution < 1.29 is 4.79 Å². The van der Waals surface area contributed by atoms with E-state index in [-0.39, 0.29) is 5.91 Å². The lowest BCUT2D eigenvalue weighted by molar-refractivity contribution is -0.138. The molecule has 23 heavy (non-hydrogen) atoms. The average Bonchev–Trinajstić information content (AvgIpc) is 3.09. The number of halogens is 1. The molecule has 1 aliphatic heterocycles.